The number of hydrogen-bond donors (Lipinski definition) is 0. The van der Waals surface area contributed by atoms with E-state index in [2.05, 4.69) is 210 Å². The van der Waals surface area contributed by atoms with E-state index in [4.69, 9.17) is 4.42 Å². The smallest absolute Gasteiger partial charge is 0.159 e. The van der Waals surface area contributed by atoms with Crippen LogP contribution in [0.15, 0.2) is 211 Å². The molecule has 2 heterocycles. The molecule has 0 radical (unpaired) electrons. The molecule has 0 saturated carbocycles. The molecule has 0 saturated heterocycles. The van der Waals surface area contributed by atoms with E-state index in [9.17, 15) is 0 Å². The largest absolute Gasteiger partial charge is 0.454 e. The van der Waals surface area contributed by atoms with Gasteiger partial charge in [0.2, 0.25) is 0 Å². The molecule has 12 aromatic rings. The molecule has 266 valence electrons. The monoisotopic (exact) mass is 726 g/mol. The van der Waals surface area contributed by atoms with Crippen molar-refractivity contribution in [3.63, 3.8) is 0 Å². The van der Waals surface area contributed by atoms with Gasteiger partial charge in [-0.2, -0.15) is 0 Å². The second kappa shape index (κ2) is 12.5. The number of nitrogens with zero attached hydrogens (tertiary/aromatic N) is 2. The van der Waals surface area contributed by atoms with Crippen LogP contribution in [0.5, 0.6) is 0 Å². The second-order valence-electron chi connectivity index (χ2n) is 14.9. The van der Waals surface area contributed by atoms with Gasteiger partial charge in [0.15, 0.2) is 5.58 Å². The summed E-state index contributed by atoms with van der Waals surface area (Å²) in [5.74, 6) is 0. The Hall–Kier alpha value is -7.62. The van der Waals surface area contributed by atoms with Crippen LogP contribution in [-0.4, -0.2) is 4.57 Å². The fraction of sp³-hybridized carbons (Fsp3) is 0. The molecule has 12 rings (SSSR count). The van der Waals surface area contributed by atoms with Crippen LogP contribution in [0.25, 0.3) is 92.9 Å². The van der Waals surface area contributed by atoms with Crippen molar-refractivity contribution in [3.05, 3.63) is 206 Å². The molecule has 0 bridgehead atoms. The van der Waals surface area contributed by atoms with Crippen LogP contribution in [0.2, 0.25) is 0 Å². The molecule has 10 aromatic carbocycles. The Morgan fingerprint density at radius 3 is 1.82 bits per heavy atom. The van der Waals surface area contributed by atoms with Gasteiger partial charge in [0.25, 0.3) is 0 Å². The quantitative estimate of drug-likeness (QED) is 0.165. The van der Waals surface area contributed by atoms with Crippen LogP contribution in [0.4, 0.5) is 17.1 Å². The first kappa shape index (κ1) is 31.7. The number of anilines is 3. The van der Waals surface area contributed by atoms with E-state index in [-0.39, 0.29) is 0 Å². The molecule has 0 amide bonds. The Bertz CT molecular complexity index is 3530. The van der Waals surface area contributed by atoms with Gasteiger partial charge >= 0.3 is 0 Å². The molecule has 0 aliphatic rings. The number of hydrogen-bond acceptors (Lipinski definition) is 2. The molecule has 0 aliphatic heterocycles. The number of fused-ring (bicyclic) bond motifs is 10. The van der Waals surface area contributed by atoms with Gasteiger partial charge in [-0.05, 0) is 87.3 Å². The average Bonchev–Trinajstić information content (AvgIpc) is 3.83. The van der Waals surface area contributed by atoms with E-state index >= 15 is 0 Å². The molecule has 2 aromatic heterocycles. The molecule has 3 nitrogen and oxygen atoms in total. The van der Waals surface area contributed by atoms with Crippen LogP contribution in [0.3, 0.4) is 0 Å². The van der Waals surface area contributed by atoms with Gasteiger partial charge in [-0.3, -0.25) is 0 Å². The van der Waals surface area contributed by atoms with E-state index in [1.807, 2.05) is 6.07 Å². The maximum Gasteiger partial charge on any atom is 0.159 e. The highest BCUT2D eigenvalue weighted by atomic mass is 16.3. The molecule has 57 heavy (non-hydrogen) atoms. The van der Waals surface area contributed by atoms with Crippen molar-refractivity contribution in [2.75, 3.05) is 4.90 Å². The van der Waals surface area contributed by atoms with E-state index in [0.717, 1.165) is 44.6 Å². The highest BCUT2D eigenvalue weighted by Crippen LogP contribution is 2.46. The Balaban J connectivity index is 1.04. The topological polar surface area (TPSA) is 21.3 Å². The number of benzene rings is 10. The van der Waals surface area contributed by atoms with Gasteiger partial charge in [0.1, 0.15) is 5.58 Å². The van der Waals surface area contributed by atoms with Crippen molar-refractivity contribution in [2.45, 2.75) is 0 Å². The summed E-state index contributed by atoms with van der Waals surface area (Å²) in [5, 5.41) is 12.0. The Morgan fingerprint density at radius 2 is 0.965 bits per heavy atom. The van der Waals surface area contributed by atoms with Crippen molar-refractivity contribution in [1.29, 1.82) is 0 Å². The van der Waals surface area contributed by atoms with E-state index in [1.54, 1.807) is 0 Å². The zero-order valence-electron chi connectivity index (χ0n) is 30.9. The summed E-state index contributed by atoms with van der Waals surface area (Å²) < 4.78 is 9.11. The Morgan fingerprint density at radius 1 is 0.351 bits per heavy atom. The van der Waals surface area contributed by atoms with Gasteiger partial charge < -0.3 is 13.9 Å². The normalized spacial score (nSPS) is 11.9. The summed E-state index contributed by atoms with van der Waals surface area (Å²) in [7, 11) is 0. The summed E-state index contributed by atoms with van der Waals surface area (Å²) in [4.78, 5) is 2.38. The summed E-state index contributed by atoms with van der Waals surface area (Å²) in [6.45, 7) is 0. The summed E-state index contributed by atoms with van der Waals surface area (Å²) in [6, 6.07) is 74.5. The molecule has 0 atom stereocenters. The third-order valence-electron chi connectivity index (χ3n) is 11.8. The van der Waals surface area contributed by atoms with Gasteiger partial charge in [-0.1, -0.05) is 152 Å². The third-order valence-corrected chi connectivity index (χ3v) is 11.8. The van der Waals surface area contributed by atoms with Gasteiger partial charge in [-0.25, -0.2) is 0 Å². The van der Waals surface area contributed by atoms with Gasteiger partial charge in [0.05, 0.1) is 28.1 Å². The van der Waals surface area contributed by atoms with Gasteiger partial charge in [-0.15, -0.1) is 0 Å². The lowest BCUT2D eigenvalue weighted by Gasteiger charge is -2.27. The van der Waals surface area contributed by atoms with Crippen LogP contribution < -0.4 is 4.90 Å². The second-order valence-corrected chi connectivity index (χ2v) is 14.9. The minimum absolute atomic E-state index is 0.869. The molecule has 0 unspecified atom stereocenters. The lowest BCUT2D eigenvalue weighted by atomic mass is 9.98. The van der Waals surface area contributed by atoms with Crippen molar-refractivity contribution in [3.8, 4) is 16.8 Å². The fourth-order valence-corrected chi connectivity index (χ4v) is 9.15. The SMILES string of the molecule is c1ccc2c(-n3c4ccccc4c4cc(-c5ccc(N(c6cc7ccccc7c7ccccc67)c6cccc7c6oc6ccccc67)cc5)ccc43)cccc2c1. The van der Waals surface area contributed by atoms with E-state index < -0.39 is 0 Å². The highest BCUT2D eigenvalue weighted by Gasteiger charge is 2.22. The van der Waals surface area contributed by atoms with Crippen molar-refractivity contribution in [1.82, 2.24) is 4.57 Å². The first-order valence-corrected chi connectivity index (χ1v) is 19.5. The standard InChI is InChI=1S/C54H34N2O/c1-4-17-41-36(13-1)15-11-24-48(41)56-49-23-9-7-20-44(49)47-33-37(29-32-50(47)56)35-27-30-39(31-28-35)55(51-25-12-22-46-45-21-8-10-26-53(45)57-54(46)51)52-34-38-14-2-3-16-40(38)42-18-5-6-19-43(42)52/h1-34H. The maximum atomic E-state index is 6.69. The molecule has 0 spiro atoms. The lowest BCUT2D eigenvalue weighted by Crippen LogP contribution is -2.11. The van der Waals surface area contributed by atoms with Crippen molar-refractivity contribution < 1.29 is 4.42 Å². The van der Waals surface area contributed by atoms with Crippen molar-refractivity contribution >= 4 is 93.1 Å². The molecule has 0 N–H and O–H groups in total. The van der Waals surface area contributed by atoms with Crippen molar-refractivity contribution in [2.24, 2.45) is 0 Å². The minimum Gasteiger partial charge on any atom is -0.454 e. The molecule has 0 fully saturated rings. The molecular weight excluding hydrogens is 693 g/mol. The summed E-state index contributed by atoms with van der Waals surface area (Å²) in [5.41, 5.74) is 10.8. The predicted molar refractivity (Wildman–Crippen MR) is 241 cm³/mol. The lowest BCUT2D eigenvalue weighted by molar-refractivity contribution is 0.669. The number of para-hydroxylation sites is 3. The van der Waals surface area contributed by atoms with Crippen LogP contribution in [0, 0.1) is 0 Å². The average molecular weight is 727 g/mol. The van der Waals surface area contributed by atoms with E-state index in [0.29, 0.717) is 0 Å². The number of aromatic nitrogens is 1. The highest BCUT2D eigenvalue weighted by molar-refractivity contribution is 6.17. The fourth-order valence-electron chi connectivity index (χ4n) is 9.15. The number of furan rings is 1. The Kier molecular flexibility index (Phi) is 6.93. The summed E-state index contributed by atoms with van der Waals surface area (Å²) >= 11 is 0. The maximum absolute atomic E-state index is 6.69. The minimum atomic E-state index is 0.869. The third kappa shape index (κ3) is 4.86. The number of rotatable bonds is 5. The molecule has 3 heteroatoms. The van der Waals surface area contributed by atoms with E-state index in [1.165, 1.54) is 65.4 Å². The zero-order chi connectivity index (χ0) is 37.5. The Labute approximate surface area is 328 Å². The molecule has 0 aliphatic carbocycles. The van der Waals surface area contributed by atoms with Gasteiger partial charge in [0, 0.05) is 38.0 Å². The predicted octanol–water partition coefficient (Wildman–Crippen LogP) is 15.3. The van der Waals surface area contributed by atoms with Crippen LogP contribution in [-0.2, 0) is 0 Å². The first-order chi connectivity index (χ1) is 28.3. The summed E-state index contributed by atoms with van der Waals surface area (Å²) in [6.07, 6.45) is 0. The van der Waals surface area contributed by atoms with Crippen LogP contribution >= 0.6 is 0 Å². The van der Waals surface area contributed by atoms with Crippen LogP contribution in [0.1, 0.15) is 0 Å². The molecular formula is C54H34N2O. The first-order valence-electron chi connectivity index (χ1n) is 19.5. The zero-order valence-corrected chi connectivity index (χ0v) is 30.9.